The van der Waals surface area contributed by atoms with Gasteiger partial charge in [0.05, 0.1) is 77.2 Å². The number of unbranched alkanes of at least 4 members (excludes halogenated alkanes) is 6. The molecule has 5 aliphatic rings. The van der Waals surface area contributed by atoms with Crippen LogP contribution in [0.4, 0.5) is 0 Å². The fourth-order valence-corrected chi connectivity index (χ4v) is 11.0. The molecule has 0 aliphatic carbocycles. The summed E-state index contributed by atoms with van der Waals surface area (Å²) >= 11 is 5.58. The van der Waals surface area contributed by atoms with Crippen LogP contribution in [0.1, 0.15) is 114 Å². The number of rotatable bonds is 26. The first-order chi connectivity index (χ1) is 46.4. The summed E-state index contributed by atoms with van der Waals surface area (Å²) in [4.78, 5) is 56.9. The van der Waals surface area contributed by atoms with E-state index in [2.05, 4.69) is 56.0 Å². The molecule has 11 rings (SSSR count). The number of carbonyl (C=O) groups excluding carboxylic acids is 4. The van der Waals surface area contributed by atoms with Crippen molar-refractivity contribution in [3.63, 3.8) is 0 Å². The minimum atomic E-state index is -0.311. The minimum absolute atomic E-state index is 0.166. The van der Waals surface area contributed by atoms with Crippen molar-refractivity contribution in [1.29, 1.82) is 0 Å². The number of fused-ring (bicyclic) bond motifs is 1. The number of esters is 2. The molecule has 0 radical (unpaired) electrons. The molecular weight excluding hydrogens is 1230 g/mol. The second-order valence-corrected chi connectivity index (χ2v) is 24.0. The van der Waals surface area contributed by atoms with Crippen LogP contribution in [-0.4, -0.2) is 185 Å². The second-order valence-electron chi connectivity index (χ2n) is 23.7. The average Bonchev–Trinajstić information content (AvgIpc) is 1.65. The number of carbonyl (C=O) groups is 4. The first kappa shape index (κ1) is 75.1. The Balaban J connectivity index is 0.000000175. The van der Waals surface area contributed by atoms with Crippen molar-refractivity contribution < 1.29 is 62.2 Å². The fourth-order valence-electron chi connectivity index (χ4n) is 10.8. The topological polar surface area (TPSA) is 205 Å². The van der Waals surface area contributed by atoms with Gasteiger partial charge in [-0.25, -0.2) is 0 Å². The Morgan fingerprint density at radius 3 is 1.05 bits per heavy atom. The lowest BCUT2D eigenvalue weighted by molar-refractivity contribution is -0.132. The van der Waals surface area contributed by atoms with Crippen molar-refractivity contribution in [2.24, 2.45) is 5.73 Å². The molecular formula is C75H99ClN6O13. The van der Waals surface area contributed by atoms with E-state index in [9.17, 15) is 19.2 Å². The Labute approximate surface area is 567 Å². The molecule has 0 bridgehead atoms. The highest BCUT2D eigenvalue weighted by atomic mass is 35.5. The van der Waals surface area contributed by atoms with E-state index in [-0.39, 0.29) is 23.8 Å². The summed E-state index contributed by atoms with van der Waals surface area (Å²) in [6.45, 7) is 24.0. The van der Waals surface area contributed by atoms with E-state index in [4.69, 9.17) is 60.3 Å². The van der Waals surface area contributed by atoms with Gasteiger partial charge in [0, 0.05) is 105 Å². The number of amides is 2. The Morgan fingerprint density at radius 2 is 0.726 bits per heavy atom. The van der Waals surface area contributed by atoms with Gasteiger partial charge in [-0.3, -0.25) is 43.7 Å². The van der Waals surface area contributed by atoms with Gasteiger partial charge in [-0.05, 0) is 133 Å². The lowest BCUT2D eigenvalue weighted by atomic mass is 10.1. The van der Waals surface area contributed by atoms with Gasteiger partial charge in [-0.2, -0.15) is 0 Å². The molecule has 95 heavy (non-hydrogen) atoms. The van der Waals surface area contributed by atoms with Gasteiger partial charge in [0.1, 0.15) is 28.7 Å². The van der Waals surface area contributed by atoms with E-state index in [0.29, 0.717) is 47.4 Å². The molecule has 5 aliphatic heterocycles. The minimum Gasteiger partial charge on any atom is -0.508 e. The zero-order chi connectivity index (χ0) is 67.1. The number of nitrogens with zero attached hydrogens (tertiary/aromatic N) is 5. The summed E-state index contributed by atoms with van der Waals surface area (Å²) in [6, 6.07) is 46.0. The Bertz CT molecular complexity index is 3080. The van der Waals surface area contributed by atoms with Crippen molar-refractivity contribution in [2.45, 2.75) is 97.3 Å². The van der Waals surface area contributed by atoms with Crippen LogP contribution < -0.4 is 24.7 Å². The molecule has 6 aromatic carbocycles. The predicted molar refractivity (Wildman–Crippen MR) is 369 cm³/mol. The van der Waals surface area contributed by atoms with Crippen LogP contribution in [-0.2, 0) is 60.6 Å². The van der Waals surface area contributed by atoms with Gasteiger partial charge in [0.2, 0.25) is 0 Å². The Kier molecular flexibility index (Phi) is 34.6. The Hall–Kier alpha value is -7.27. The van der Waals surface area contributed by atoms with E-state index >= 15 is 0 Å². The SMILES string of the molecule is CC(=O)Oc1ccc(CCl)cc1.CC(=O)Oc1ccc(CN2CCOCC2)cc1.NCCCCCCOc1ccc(CN2CCOCC2)cc1.O=C1c2ccccc2C(=O)N1CCCCCCOc1ccc(CN2CCOCC2)cc1.Oc1ccc(CN2CCOCC2)cc1. The van der Waals surface area contributed by atoms with E-state index < -0.39 is 0 Å². The summed E-state index contributed by atoms with van der Waals surface area (Å²) in [5.74, 6) is 2.90. The van der Waals surface area contributed by atoms with Crippen LogP contribution in [0.15, 0.2) is 146 Å². The number of aromatic hydroxyl groups is 1. The molecule has 0 aromatic heterocycles. The van der Waals surface area contributed by atoms with E-state index in [1.54, 1.807) is 48.5 Å². The predicted octanol–water partition coefficient (Wildman–Crippen LogP) is 11.2. The molecule has 514 valence electrons. The molecule has 19 nitrogen and oxygen atoms in total. The lowest BCUT2D eigenvalue weighted by Gasteiger charge is -2.26. The van der Waals surface area contributed by atoms with Crippen LogP contribution in [0, 0.1) is 0 Å². The first-order valence-electron chi connectivity index (χ1n) is 33.6. The molecule has 0 spiro atoms. The normalized spacial score (nSPS) is 15.9. The summed E-state index contributed by atoms with van der Waals surface area (Å²) in [5.41, 5.74) is 12.6. The summed E-state index contributed by atoms with van der Waals surface area (Å²) in [7, 11) is 0. The van der Waals surface area contributed by atoms with Crippen LogP contribution in [0.25, 0.3) is 0 Å². The Morgan fingerprint density at radius 1 is 0.421 bits per heavy atom. The monoisotopic (exact) mass is 1330 g/mol. The molecule has 4 fully saturated rings. The highest BCUT2D eigenvalue weighted by Gasteiger charge is 2.34. The van der Waals surface area contributed by atoms with Crippen molar-refractivity contribution in [1.82, 2.24) is 24.5 Å². The zero-order valence-corrected chi connectivity index (χ0v) is 56.5. The van der Waals surface area contributed by atoms with Crippen molar-refractivity contribution in [2.75, 3.05) is 132 Å². The average molecular weight is 1330 g/mol. The van der Waals surface area contributed by atoms with Gasteiger partial charge in [0.25, 0.3) is 11.8 Å². The van der Waals surface area contributed by atoms with Crippen molar-refractivity contribution in [3.05, 3.63) is 185 Å². The molecule has 0 saturated carbocycles. The first-order valence-corrected chi connectivity index (χ1v) is 34.1. The molecule has 5 heterocycles. The number of benzene rings is 6. The van der Waals surface area contributed by atoms with Gasteiger partial charge in [0.15, 0.2) is 0 Å². The number of imide groups is 1. The highest BCUT2D eigenvalue weighted by Crippen LogP contribution is 2.24. The van der Waals surface area contributed by atoms with Gasteiger partial charge in [-0.15, -0.1) is 11.6 Å². The molecule has 6 aromatic rings. The molecule has 2 amide bonds. The molecule has 0 unspecified atom stereocenters. The number of phenols is 1. The van der Waals surface area contributed by atoms with Crippen LogP contribution in [0.3, 0.4) is 0 Å². The fraction of sp³-hybridized carbons (Fsp3) is 0.467. The van der Waals surface area contributed by atoms with E-state index in [1.165, 1.54) is 53.8 Å². The van der Waals surface area contributed by atoms with E-state index in [1.807, 2.05) is 60.7 Å². The molecule has 3 N–H and O–H groups in total. The highest BCUT2D eigenvalue weighted by molar-refractivity contribution is 6.21. The zero-order valence-electron chi connectivity index (χ0n) is 55.7. The third-order valence-corrected chi connectivity index (χ3v) is 16.4. The van der Waals surface area contributed by atoms with Crippen molar-refractivity contribution in [3.8, 4) is 28.7 Å². The smallest absolute Gasteiger partial charge is 0.308 e. The van der Waals surface area contributed by atoms with Gasteiger partial charge in [-0.1, -0.05) is 98.5 Å². The largest absolute Gasteiger partial charge is 0.508 e. The number of hydrogen-bond donors (Lipinski definition) is 2. The summed E-state index contributed by atoms with van der Waals surface area (Å²) in [6.07, 6.45) is 8.39. The number of nitrogens with two attached hydrogens (primary N) is 1. The number of alkyl halides is 1. The van der Waals surface area contributed by atoms with Gasteiger partial charge >= 0.3 is 11.9 Å². The number of ether oxygens (including phenoxy) is 8. The maximum Gasteiger partial charge on any atom is 0.308 e. The quantitative estimate of drug-likeness (QED) is 0.0170. The van der Waals surface area contributed by atoms with Crippen LogP contribution in [0.5, 0.6) is 28.7 Å². The third-order valence-electron chi connectivity index (χ3n) is 16.1. The van der Waals surface area contributed by atoms with Gasteiger partial charge < -0.3 is 48.7 Å². The molecule has 4 saturated heterocycles. The second kappa shape index (κ2) is 43.7. The molecule has 20 heteroatoms. The number of phenolic OH excluding ortho intramolecular Hbond substituents is 1. The van der Waals surface area contributed by atoms with Crippen LogP contribution >= 0.6 is 11.6 Å². The van der Waals surface area contributed by atoms with Crippen LogP contribution in [0.2, 0.25) is 0 Å². The number of hydrogen-bond acceptors (Lipinski definition) is 18. The number of halogens is 1. The van der Waals surface area contributed by atoms with Crippen molar-refractivity contribution >= 4 is 35.4 Å². The summed E-state index contributed by atoms with van der Waals surface area (Å²) < 4.78 is 42.8. The maximum absolute atomic E-state index is 12.3. The third kappa shape index (κ3) is 29.3. The standard InChI is InChI=1S/C25H30N2O4.C17H28N2O2.C13H17NO3.C11H15NO2.C9H9ClO2/c28-24-22-7-3-4-8-23(22)25(29)27(24)13-5-1-2-6-16-31-21-11-9-20(10-12-21)19-26-14-17-30-18-15-26;18-9-3-1-2-4-12-21-17-7-5-16(6-8-17)15-19-10-13-20-14-11-19;1-11(15)17-13-4-2-12(3-5-13)10-14-6-8-16-9-7-14;13-11-3-1-10(2-4-11)9-12-5-7-14-8-6-12;1-7(11)12-9-4-2-8(6-10)3-5-9/h3-4,7-12H,1-2,5-6,13-19H2;5-8H,1-4,9-15,18H2;2-5H,6-10H2,1H3;1-4,13H,5-9H2;2-5H,6H2,1H3. The molecule has 0 atom stereocenters. The van der Waals surface area contributed by atoms with E-state index in [0.717, 1.165) is 200 Å². The summed E-state index contributed by atoms with van der Waals surface area (Å²) in [5, 5.41) is 9.13. The lowest BCUT2D eigenvalue weighted by Crippen LogP contribution is -2.35. The number of morpholine rings is 4. The maximum atomic E-state index is 12.3.